The smallest absolute Gasteiger partial charge is 0.165 e. The van der Waals surface area contributed by atoms with Crippen molar-refractivity contribution in [3.63, 3.8) is 0 Å². The van der Waals surface area contributed by atoms with E-state index >= 15 is 0 Å². The molecule has 0 bridgehead atoms. The highest BCUT2D eigenvalue weighted by Crippen LogP contribution is 2.60. The number of ether oxygens (including phenoxy) is 1. The van der Waals surface area contributed by atoms with E-state index in [9.17, 15) is 4.79 Å². The molecule has 0 radical (unpaired) electrons. The molecule has 146 valence electrons. The highest BCUT2D eigenvalue weighted by molar-refractivity contribution is 6.05. The van der Waals surface area contributed by atoms with E-state index in [2.05, 4.69) is 36.3 Å². The molecule has 4 atom stereocenters. The number of hydrogen-bond acceptors (Lipinski definition) is 3. The maximum Gasteiger partial charge on any atom is 0.165 e. The molecule has 0 spiro atoms. The third-order valence-electron chi connectivity index (χ3n) is 7.64. The van der Waals surface area contributed by atoms with Crippen molar-refractivity contribution in [1.29, 1.82) is 0 Å². The van der Waals surface area contributed by atoms with Gasteiger partial charge in [-0.2, -0.15) is 5.10 Å². The molecule has 28 heavy (non-hydrogen) atoms. The standard InChI is InChI=1S/C24H28N2O2/c1-24-9-8-20-19-7-5-18(28-3)11-16(19)4-6-21(20)22(24)12-17(23(24)27)10-15-13-25-26(2)14-15/h5,7,10-11,13-14,20-22H,4,6,8-9,12H2,1-3H3/b17-10+/t20-,21+,22+,24+/m1/s1. The number of Topliss-reactive ketones (excluding diaryl/α,β-unsaturated/α-hetero) is 1. The Morgan fingerprint density at radius 3 is 2.93 bits per heavy atom. The molecule has 0 saturated heterocycles. The first-order chi connectivity index (χ1) is 13.5. The molecule has 1 aromatic heterocycles. The number of hydrogen-bond donors (Lipinski definition) is 0. The zero-order valence-electron chi connectivity index (χ0n) is 16.9. The molecule has 4 nitrogen and oxygen atoms in total. The van der Waals surface area contributed by atoms with Gasteiger partial charge in [-0.15, -0.1) is 0 Å². The summed E-state index contributed by atoms with van der Waals surface area (Å²) in [5.74, 6) is 2.97. The van der Waals surface area contributed by atoms with Crippen LogP contribution in [-0.2, 0) is 18.3 Å². The van der Waals surface area contributed by atoms with Gasteiger partial charge in [-0.25, -0.2) is 0 Å². The summed E-state index contributed by atoms with van der Waals surface area (Å²) >= 11 is 0. The molecule has 0 N–H and O–H groups in total. The molecule has 0 amide bonds. The highest BCUT2D eigenvalue weighted by Gasteiger charge is 2.56. The van der Waals surface area contributed by atoms with Crippen molar-refractivity contribution in [2.75, 3.05) is 7.11 Å². The zero-order chi connectivity index (χ0) is 19.5. The Morgan fingerprint density at radius 1 is 1.32 bits per heavy atom. The molecule has 0 unspecified atom stereocenters. The van der Waals surface area contributed by atoms with Crippen LogP contribution >= 0.6 is 0 Å². The Bertz CT molecular complexity index is 973. The summed E-state index contributed by atoms with van der Waals surface area (Å²) in [6.45, 7) is 2.23. The van der Waals surface area contributed by atoms with Crippen LogP contribution in [-0.4, -0.2) is 22.7 Å². The van der Waals surface area contributed by atoms with E-state index in [1.54, 1.807) is 11.8 Å². The molecule has 2 fully saturated rings. The van der Waals surface area contributed by atoms with Gasteiger partial charge in [-0.05, 0) is 84.8 Å². The first-order valence-electron chi connectivity index (χ1n) is 10.4. The predicted octanol–water partition coefficient (Wildman–Crippen LogP) is 4.55. The first-order valence-corrected chi connectivity index (χ1v) is 10.4. The van der Waals surface area contributed by atoms with Crippen molar-refractivity contribution in [2.24, 2.45) is 24.3 Å². The Balaban J connectivity index is 1.48. The molecule has 5 rings (SSSR count). The number of benzene rings is 1. The molecule has 2 saturated carbocycles. The fourth-order valence-electron chi connectivity index (χ4n) is 6.20. The minimum absolute atomic E-state index is 0.195. The van der Waals surface area contributed by atoms with E-state index in [0.29, 0.717) is 23.5 Å². The van der Waals surface area contributed by atoms with Crippen molar-refractivity contribution in [2.45, 2.75) is 44.9 Å². The van der Waals surface area contributed by atoms with Crippen molar-refractivity contribution < 1.29 is 9.53 Å². The summed E-state index contributed by atoms with van der Waals surface area (Å²) in [6, 6.07) is 6.59. The quantitative estimate of drug-likeness (QED) is 0.723. The van der Waals surface area contributed by atoms with Gasteiger partial charge < -0.3 is 4.74 Å². The third kappa shape index (κ3) is 2.57. The summed E-state index contributed by atoms with van der Waals surface area (Å²) in [5.41, 5.74) is 4.78. The Kier molecular flexibility index (Phi) is 4.01. The van der Waals surface area contributed by atoms with Gasteiger partial charge in [-0.1, -0.05) is 13.0 Å². The second-order valence-corrected chi connectivity index (χ2v) is 9.09. The van der Waals surface area contributed by atoms with Gasteiger partial charge in [0.25, 0.3) is 0 Å². The summed E-state index contributed by atoms with van der Waals surface area (Å²) in [6.07, 6.45) is 11.2. The SMILES string of the molecule is COc1ccc2c(c1)CC[C@H]1[C@@H]2CC[C@]2(C)C(=O)/C(=C/c3cnn(C)c3)C[C@@H]12. The van der Waals surface area contributed by atoms with Crippen LogP contribution < -0.4 is 4.74 Å². The van der Waals surface area contributed by atoms with Crippen LogP contribution in [0.5, 0.6) is 5.75 Å². The normalized spacial score (nSPS) is 32.8. The minimum Gasteiger partial charge on any atom is -0.497 e. The lowest BCUT2D eigenvalue weighted by atomic mass is 9.55. The van der Waals surface area contributed by atoms with Crippen molar-refractivity contribution in [3.8, 4) is 5.75 Å². The summed E-state index contributed by atoms with van der Waals surface area (Å²) < 4.78 is 7.22. The summed E-state index contributed by atoms with van der Waals surface area (Å²) in [4.78, 5) is 13.4. The lowest BCUT2D eigenvalue weighted by Crippen LogP contribution is -2.42. The van der Waals surface area contributed by atoms with Crippen molar-refractivity contribution in [1.82, 2.24) is 9.78 Å². The Hall–Kier alpha value is -2.36. The monoisotopic (exact) mass is 376 g/mol. The number of allylic oxidation sites excluding steroid dienone is 1. The number of carbonyl (C=O) groups is 1. The maximum atomic E-state index is 13.4. The van der Waals surface area contributed by atoms with E-state index in [1.807, 2.05) is 19.4 Å². The average Bonchev–Trinajstić information content (AvgIpc) is 3.22. The Labute approximate surface area is 166 Å². The molecular weight excluding hydrogens is 348 g/mol. The fraction of sp³-hybridized carbons (Fsp3) is 0.500. The lowest BCUT2D eigenvalue weighted by molar-refractivity contribution is -0.127. The second-order valence-electron chi connectivity index (χ2n) is 9.09. The van der Waals surface area contributed by atoms with Gasteiger partial charge in [0.05, 0.1) is 13.3 Å². The van der Waals surface area contributed by atoms with E-state index in [1.165, 1.54) is 17.5 Å². The summed E-state index contributed by atoms with van der Waals surface area (Å²) in [7, 11) is 3.65. The molecule has 4 heteroatoms. The van der Waals surface area contributed by atoms with Crippen molar-refractivity contribution in [3.05, 3.63) is 52.9 Å². The first kappa shape index (κ1) is 17.7. The number of aromatic nitrogens is 2. The van der Waals surface area contributed by atoms with Gasteiger partial charge in [0.2, 0.25) is 0 Å². The molecule has 1 aromatic carbocycles. The van der Waals surface area contributed by atoms with E-state index in [0.717, 1.165) is 42.6 Å². The number of rotatable bonds is 2. The molecule has 3 aliphatic carbocycles. The number of fused-ring (bicyclic) bond motifs is 5. The third-order valence-corrected chi connectivity index (χ3v) is 7.64. The van der Waals surface area contributed by atoms with Crippen LogP contribution in [0.25, 0.3) is 6.08 Å². The maximum absolute atomic E-state index is 13.4. The number of nitrogens with zero attached hydrogens (tertiary/aromatic N) is 2. The van der Waals surface area contributed by atoms with Crippen LogP contribution in [0, 0.1) is 17.3 Å². The summed E-state index contributed by atoms with van der Waals surface area (Å²) in [5, 5.41) is 4.25. The molecule has 1 heterocycles. The predicted molar refractivity (Wildman–Crippen MR) is 109 cm³/mol. The highest BCUT2D eigenvalue weighted by atomic mass is 16.5. The fourth-order valence-corrected chi connectivity index (χ4v) is 6.20. The van der Waals surface area contributed by atoms with Gasteiger partial charge >= 0.3 is 0 Å². The van der Waals surface area contributed by atoms with Gasteiger partial charge in [0.1, 0.15) is 5.75 Å². The van der Waals surface area contributed by atoms with Crippen LogP contribution in [0.3, 0.4) is 0 Å². The van der Waals surface area contributed by atoms with Gasteiger partial charge in [-0.3, -0.25) is 9.48 Å². The topological polar surface area (TPSA) is 44.1 Å². The van der Waals surface area contributed by atoms with E-state index in [4.69, 9.17) is 4.74 Å². The lowest BCUT2D eigenvalue weighted by Gasteiger charge is -2.48. The molecule has 2 aromatic rings. The van der Waals surface area contributed by atoms with E-state index in [-0.39, 0.29) is 5.41 Å². The van der Waals surface area contributed by atoms with Crippen LogP contribution in [0.1, 0.15) is 55.2 Å². The van der Waals surface area contributed by atoms with Crippen LogP contribution in [0.2, 0.25) is 0 Å². The van der Waals surface area contributed by atoms with Crippen molar-refractivity contribution >= 4 is 11.9 Å². The number of aryl methyl sites for hydroxylation is 2. The molecular formula is C24H28N2O2. The average molecular weight is 377 g/mol. The number of ketones is 1. The molecule has 0 aliphatic heterocycles. The second kappa shape index (κ2) is 6.33. The molecule has 3 aliphatic rings. The number of methoxy groups -OCH3 is 1. The minimum atomic E-state index is -0.195. The van der Waals surface area contributed by atoms with Crippen LogP contribution in [0.4, 0.5) is 0 Å². The zero-order valence-corrected chi connectivity index (χ0v) is 16.9. The number of carbonyl (C=O) groups excluding carboxylic acids is 1. The van der Waals surface area contributed by atoms with Gasteiger partial charge in [0, 0.05) is 24.2 Å². The largest absolute Gasteiger partial charge is 0.497 e. The Morgan fingerprint density at radius 2 is 2.18 bits per heavy atom. The van der Waals surface area contributed by atoms with Gasteiger partial charge in [0.15, 0.2) is 5.78 Å². The van der Waals surface area contributed by atoms with Crippen LogP contribution in [0.15, 0.2) is 36.2 Å². The van der Waals surface area contributed by atoms with E-state index < -0.39 is 0 Å².